The Bertz CT molecular complexity index is 631. The molecule has 7 heteroatoms. The summed E-state index contributed by atoms with van der Waals surface area (Å²) in [4.78, 5) is 34.2. The van der Waals surface area contributed by atoms with E-state index in [-0.39, 0.29) is 24.3 Å². The minimum Gasteiger partial charge on any atom is -0.341 e. The molecular weight excluding hydrogens is 343 g/mol. The maximum atomic E-state index is 13.5. The van der Waals surface area contributed by atoms with Gasteiger partial charge in [0.1, 0.15) is 11.9 Å². The van der Waals surface area contributed by atoms with Crippen LogP contribution in [0, 0.1) is 5.82 Å². The summed E-state index contributed by atoms with van der Waals surface area (Å²) in [6.45, 7) is 0. The zero-order valence-electron chi connectivity index (χ0n) is 10.9. The summed E-state index contributed by atoms with van der Waals surface area (Å²) in [5.41, 5.74) is 0.253. The summed E-state index contributed by atoms with van der Waals surface area (Å²) in [6, 6.07) is 3.62. The summed E-state index contributed by atoms with van der Waals surface area (Å²) in [5.74, 6) is -1.86. The minimum atomic E-state index is -0.743. The zero-order valence-corrected chi connectivity index (χ0v) is 12.4. The molecule has 1 aromatic rings. The summed E-state index contributed by atoms with van der Waals surface area (Å²) >= 11 is 3.21. The van der Waals surface area contributed by atoms with Crippen LogP contribution < -0.4 is 10.6 Å². The molecule has 3 amide bonds. The first-order valence-corrected chi connectivity index (χ1v) is 7.02. The number of benzene rings is 1. The van der Waals surface area contributed by atoms with Gasteiger partial charge < -0.3 is 5.32 Å². The maximum absolute atomic E-state index is 13.5. The average molecular weight is 355 g/mol. The van der Waals surface area contributed by atoms with Gasteiger partial charge in [-0.15, -0.1) is 0 Å². The molecule has 1 saturated heterocycles. The first-order valence-electron chi connectivity index (χ1n) is 6.23. The largest absolute Gasteiger partial charge is 0.341 e. The highest BCUT2D eigenvalue weighted by atomic mass is 79.9. The third-order valence-corrected chi connectivity index (χ3v) is 3.42. The van der Waals surface area contributed by atoms with Gasteiger partial charge >= 0.3 is 0 Å². The number of carbonyl (C=O) groups excluding carboxylic acids is 3. The van der Waals surface area contributed by atoms with E-state index in [0.29, 0.717) is 4.47 Å². The molecule has 5 nitrogen and oxygen atoms in total. The Labute approximate surface area is 128 Å². The first-order chi connectivity index (χ1) is 9.95. The van der Waals surface area contributed by atoms with Gasteiger partial charge in [-0.3, -0.25) is 19.7 Å². The average Bonchev–Trinajstić information content (AvgIpc) is 2.43. The van der Waals surface area contributed by atoms with Gasteiger partial charge in [-0.25, -0.2) is 4.39 Å². The molecule has 1 fully saturated rings. The van der Waals surface area contributed by atoms with Crippen molar-refractivity contribution in [3.8, 4) is 0 Å². The van der Waals surface area contributed by atoms with Gasteiger partial charge in [-0.05, 0) is 30.7 Å². The Balaban J connectivity index is 1.98. The molecule has 1 aliphatic heterocycles. The molecule has 110 valence electrons. The highest BCUT2D eigenvalue weighted by molar-refractivity contribution is 9.10. The third kappa shape index (κ3) is 4.22. The van der Waals surface area contributed by atoms with Crippen LogP contribution in [0.3, 0.4) is 0 Å². The number of hydrogen-bond donors (Lipinski definition) is 2. The molecule has 0 spiro atoms. The lowest BCUT2D eigenvalue weighted by Crippen LogP contribution is -2.51. The lowest BCUT2D eigenvalue weighted by atomic mass is 10.1. The second kappa shape index (κ2) is 6.62. The van der Waals surface area contributed by atoms with Crippen molar-refractivity contribution in [2.24, 2.45) is 0 Å². The maximum Gasteiger partial charge on any atom is 0.249 e. The second-order valence-electron chi connectivity index (χ2n) is 4.51. The number of imide groups is 1. The number of rotatable bonds is 3. The number of nitrogens with one attached hydrogen (secondary N) is 2. The molecule has 21 heavy (non-hydrogen) atoms. The van der Waals surface area contributed by atoms with Gasteiger partial charge in [0.15, 0.2) is 0 Å². The third-order valence-electron chi connectivity index (χ3n) is 2.93. The molecule has 0 aromatic heterocycles. The van der Waals surface area contributed by atoms with Gasteiger partial charge in [0.2, 0.25) is 17.7 Å². The van der Waals surface area contributed by atoms with Crippen LogP contribution in [0.25, 0.3) is 6.08 Å². The van der Waals surface area contributed by atoms with Gasteiger partial charge in [0.25, 0.3) is 0 Å². The normalized spacial score (nSPS) is 18.7. The highest BCUT2D eigenvalue weighted by Crippen LogP contribution is 2.16. The van der Waals surface area contributed by atoms with Gasteiger partial charge in [0, 0.05) is 22.5 Å². The topological polar surface area (TPSA) is 75.3 Å². The van der Waals surface area contributed by atoms with Gasteiger partial charge in [-0.1, -0.05) is 15.9 Å². The Morgan fingerprint density at radius 1 is 1.43 bits per heavy atom. The second-order valence-corrected chi connectivity index (χ2v) is 5.43. The van der Waals surface area contributed by atoms with Crippen molar-refractivity contribution in [2.45, 2.75) is 18.9 Å². The lowest BCUT2D eigenvalue weighted by molar-refractivity contribution is -0.136. The minimum absolute atomic E-state index is 0.181. The van der Waals surface area contributed by atoms with Crippen molar-refractivity contribution in [2.75, 3.05) is 0 Å². The molecule has 2 N–H and O–H groups in total. The monoisotopic (exact) mass is 354 g/mol. The molecule has 1 aromatic carbocycles. The molecule has 1 heterocycles. The van der Waals surface area contributed by atoms with E-state index in [1.165, 1.54) is 18.2 Å². The quantitative estimate of drug-likeness (QED) is 0.638. The zero-order chi connectivity index (χ0) is 15.4. The predicted molar refractivity (Wildman–Crippen MR) is 77.4 cm³/mol. The molecule has 1 unspecified atom stereocenters. The highest BCUT2D eigenvalue weighted by Gasteiger charge is 2.27. The SMILES string of the molecule is O=C(C=Cc1cc(Br)ccc1F)NC1CCC(=O)NC1=O. The standard InChI is InChI=1S/C14H12BrFN2O3/c15-9-2-3-10(16)8(7-9)1-5-12(19)17-11-4-6-13(20)18-14(11)21/h1-3,5,7,11H,4,6H2,(H,17,19)(H,18,20,21). The van der Waals surface area contributed by atoms with Gasteiger partial charge in [-0.2, -0.15) is 0 Å². The summed E-state index contributed by atoms with van der Waals surface area (Å²) < 4.78 is 14.2. The summed E-state index contributed by atoms with van der Waals surface area (Å²) in [7, 11) is 0. The van der Waals surface area contributed by atoms with E-state index in [1.54, 1.807) is 6.07 Å². The van der Waals surface area contributed by atoms with Gasteiger partial charge in [0.05, 0.1) is 0 Å². The summed E-state index contributed by atoms with van der Waals surface area (Å²) in [6.07, 6.45) is 2.91. The molecule has 2 rings (SSSR count). The fourth-order valence-electron chi connectivity index (χ4n) is 1.86. The first kappa shape index (κ1) is 15.4. The number of amides is 3. The molecule has 0 radical (unpaired) electrons. The fraction of sp³-hybridized carbons (Fsp3) is 0.214. The number of piperidine rings is 1. The Kier molecular flexibility index (Phi) is 4.85. The van der Waals surface area contributed by atoms with E-state index >= 15 is 0 Å². The fourth-order valence-corrected chi connectivity index (χ4v) is 2.24. The Hall–Kier alpha value is -2.02. The van der Waals surface area contributed by atoms with E-state index in [4.69, 9.17) is 0 Å². The number of carbonyl (C=O) groups is 3. The molecule has 0 bridgehead atoms. The van der Waals surface area contributed by atoms with Crippen molar-refractivity contribution in [1.82, 2.24) is 10.6 Å². The van der Waals surface area contributed by atoms with Crippen LogP contribution in [-0.2, 0) is 14.4 Å². The van der Waals surface area contributed by atoms with Crippen molar-refractivity contribution >= 4 is 39.7 Å². The van der Waals surface area contributed by atoms with Crippen LogP contribution in [0.5, 0.6) is 0 Å². The lowest BCUT2D eigenvalue weighted by Gasteiger charge is -2.20. The van der Waals surface area contributed by atoms with Crippen LogP contribution >= 0.6 is 15.9 Å². The molecular formula is C14H12BrFN2O3. The van der Waals surface area contributed by atoms with Crippen molar-refractivity contribution in [3.05, 3.63) is 40.1 Å². The smallest absolute Gasteiger partial charge is 0.249 e. The Morgan fingerprint density at radius 3 is 2.90 bits per heavy atom. The number of hydrogen-bond acceptors (Lipinski definition) is 3. The van der Waals surface area contributed by atoms with Crippen LogP contribution in [0.2, 0.25) is 0 Å². The molecule has 1 aliphatic rings. The van der Waals surface area contributed by atoms with E-state index in [1.807, 2.05) is 0 Å². The molecule has 1 atom stereocenters. The van der Waals surface area contributed by atoms with Crippen LogP contribution in [0.15, 0.2) is 28.7 Å². The van der Waals surface area contributed by atoms with E-state index in [0.717, 1.165) is 6.08 Å². The predicted octanol–water partition coefficient (Wildman–Crippen LogP) is 1.52. The van der Waals surface area contributed by atoms with E-state index < -0.39 is 23.7 Å². The van der Waals surface area contributed by atoms with Crippen molar-refractivity contribution < 1.29 is 18.8 Å². The molecule has 0 aliphatic carbocycles. The van der Waals surface area contributed by atoms with E-state index in [2.05, 4.69) is 26.6 Å². The van der Waals surface area contributed by atoms with Crippen molar-refractivity contribution in [3.63, 3.8) is 0 Å². The van der Waals surface area contributed by atoms with Crippen LogP contribution in [-0.4, -0.2) is 23.8 Å². The van der Waals surface area contributed by atoms with Crippen LogP contribution in [0.1, 0.15) is 18.4 Å². The van der Waals surface area contributed by atoms with E-state index in [9.17, 15) is 18.8 Å². The number of halogens is 2. The van der Waals surface area contributed by atoms with Crippen LogP contribution in [0.4, 0.5) is 4.39 Å². The van der Waals surface area contributed by atoms with Crippen molar-refractivity contribution in [1.29, 1.82) is 0 Å². The molecule has 0 saturated carbocycles. The summed E-state index contributed by atoms with van der Waals surface area (Å²) in [5, 5.41) is 4.61. The Morgan fingerprint density at radius 2 is 2.19 bits per heavy atom.